The van der Waals surface area contributed by atoms with Crippen molar-refractivity contribution in [2.45, 2.75) is 45.0 Å². The molecule has 1 aliphatic heterocycles. The molecule has 1 fully saturated rings. The van der Waals surface area contributed by atoms with Crippen molar-refractivity contribution in [3.63, 3.8) is 0 Å². The van der Waals surface area contributed by atoms with Gasteiger partial charge in [0.2, 0.25) is 0 Å². The van der Waals surface area contributed by atoms with E-state index in [1.807, 2.05) is 0 Å². The Morgan fingerprint density at radius 2 is 1.69 bits per heavy atom. The van der Waals surface area contributed by atoms with Crippen LogP contribution in [-0.2, 0) is 11.3 Å². The van der Waals surface area contributed by atoms with Gasteiger partial charge in [-0.25, -0.2) is 8.78 Å². The molecule has 2 heterocycles. The van der Waals surface area contributed by atoms with Gasteiger partial charge in [0.25, 0.3) is 17.4 Å². The minimum atomic E-state index is -3.06. The molecule has 1 aliphatic rings. The highest BCUT2D eigenvalue weighted by Gasteiger charge is 2.50. The number of hydrogen-bond acceptors (Lipinski definition) is 5. The fraction of sp³-hybridized carbons (Fsp3) is 0.296. The first kappa shape index (κ1) is 27.7. The van der Waals surface area contributed by atoms with Gasteiger partial charge in [-0.3, -0.25) is 14.4 Å². The fourth-order valence-corrected chi connectivity index (χ4v) is 4.81. The number of hydrogen-bond donors (Lipinski definition) is 1. The first-order valence-electron chi connectivity index (χ1n) is 12.0. The molecule has 2 amide bonds. The zero-order valence-corrected chi connectivity index (χ0v) is 21.2. The van der Waals surface area contributed by atoms with E-state index in [0.717, 1.165) is 29.2 Å². The van der Waals surface area contributed by atoms with Crippen molar-refractivity contribution >= 4 is 17.5 Å². The lowest BCUT2D eigenvalue weighted by Crippen LogP contribution is -2.44. The van der Waals surface area contributed by atoms with E-state index < -0.39 is 59.2 Å². The second-order valence-electron chi connectivity index (χ2n) is 8.82. The summed E-state index contributed by atoms with van der Waals surface area (Å²) >= 11 is 0. The first-order valence-corrected chi connectivity index (χ1v) is 12.0. The molecule has 1 N–H and O–H groups in total. The lowest BCUT2D eigenvalue weighted by atomic mass is 9.87. The number of aryl methyl sites for hydroxylation is 1. The SMILES string of the molecule is CCn1cccc(N2C(=O)[C@@H](NC(=O)c3ccc(OC(F)F)cc3)[C@H](c3c(F)cc(OC)cc3F)[C@@H]2C)c1=O. The molecule has 12 heteroatoms. The summed E-state index contributed by atoms with van der Waals surface area (Å²) in [5.74, 6) is -5.06. The normalized spacial score (nSPS) is 18.9. The molecule has 0 radical (unpaired) electrons. The quantitative estimate of drug-likeness (QED) is 0.430. The number of rotatable bonds is 8. The lowest BCUT2D eigenvalue weighted by Gasteiger charge is -2.25. The van der Waals surface area contributed by atoms with Crippen molar-refractivity contribution in [2.24, 2.45) is 0 Å². The Bertz CT molecular complexity index is 1420. The summed E-state index contributed by atoms with van der Waals surface area (Å²) in [5, 5.41) is 2.52. The van der Waals surface area contributed by atoms with E-state index in [1.165, 1.54) is 43.0 Å². The number of carbonyl (C=O) groups excluding carboxylic acids is 2. The number of carbonyl (C=O) groups is 2. The maximum absolute atomic E-state index is 15.3. The van der Waals surface area contributed by atoms with E-state index in [4.69, 9.17) is 4.74 Å². The standard InChI is InChI=1S/C27H25F4N3O5/c1-4-33-11-5-6-20(25(33)36)34-14(2)21(22-18(28)12-17(38-3)13-19(22)29)23(26(34)37)32-24(35)15-7-9-16(10-8-15)39-27(30)31/h5-14,21,23,27H,4H2,1-3H3,(H,32,35)/t14-,21-,23-/m0/s1. The van der Waals surface area contributed by atoms with E-state index in [9.17, 15) is 23.2 Å². The Morgan fingerprint density at radius 3 is 2.26 bits per heavy atom. The average molecular weight is 548 g/mol. The van der Waals surface area contributed by atoms with Crippen LogP contribution in [0.3, 0.4) is 0 Å². The van der Waals surface area contributed by atoms with Crippen LogP contribution >= 0.6 is 0 Å². The molecule has 1 aromatic heterocycles. The minimum Gasteiger partial charge on any atom is -0.497 e. The average Bonchev–Trinajstić information content (AvgIpc) is 3.12. The van der Waals surface area contributed by atoms with Crippen LogP contribution < -0.4 is 25.2 Å². The van der Waals surface area contributed by atoms with Gasteiger partial charge in [0.15, 0.2) is 0 Å². The van der Waals surface area contributed by atoms with E-state index in [1.54, 1.807) is 13.0 Å². The minimum absolute atomic E-state index is 0.0126. The highest BCUT2D eigenvalue weighted by atomic mass is 19.3. The van der Waals surface area contributed by atoms with Crippen LogP contribution in [0.1, 0.15) is 35.7 Å². The van der Waals surface area contributed by atoms with Gasteiger partial charge in [-0.05, 0) is 50.2 Å². The number of anilines is 1. The molecular weight excluding hydrogens is 522 g/mol. The zero-order chi connectivity index (χ0) is 28.4. The van der Waals surface area contributed by atoms with Crippen LogP contribution in [0.5, 0.6) is 11.5 Å². The molecular formula is C27H25F4N3O5. The van der Waals surface area contributed by atoms with Crippen molar-refractivity contribution in [2.75, 3.05) is 12.0 Å². The van der Waals surface area contributed by atoms with Crippen LogP contribution in [-0.4, -0.2) is 42.2 Å². The van der Waals surface area contributed by atoms with Crippen molar-refractivity contribution in [3.8, 4) is 11.5 Å². The Balaban J connectivity index is 1.77. The number of methoxy groups -OCH3 is 1. The monoisotopic (exact) mass is 547 g/mol. The molecule has 8 nitrogen and oxygen atoms in total. The van der Waals surface area contributed by atoms with Gasteiger partial charge in [0, 0.05) is 48.0 Å². The van der Waals surface area contributed by atoms with Gasteiger partial charge < -0.3 is 24.3 Å². The molecule has 0 bridgehead atoms. The highest BCUT2D eigenvalue weighted by molar-refractivity contribution is 6.05. The number of ether oxygens (including phenoxy) is 2. The molecule has 3 atom stereocenters. The predicted octanol–water partition coefficient (Wildman–Crippen LogP) is 4.07. The van der Waals surface area contributed by atoms with Crippen LogP contribution in [0.15, 0.2) is 59.5 Å². The van der Waals surface area contributed by atoms with Crippen molar-refractivity contribution in [1.82, 2.24) is 9.88 Å². The molecule has 4 rings (SSSR count). The first-order chi connectivity index (χ1) is 18.6. The summed E-state index contributed by atoms with van der Waals surface area (Å²) in [4.78, 5) is 41.0. The zero-order valence-electron chi connectivity index (χ0n) is 21.2. The number of aromatic nitrogens is 1. The number of nitrogens with zero attached hydrogens (tertiary/aromatic N) is 2. The Labute approximate surface area is 220 Å². The number of nitrogens with one attached hydrogen (secondary N) is 1. The van der Waals surface area contributed by atoms with Gasteiger partial charge >= 0.3 is 6.61 Å². The number of alkyl halides is 2. The molecule has 39 heavy (non-hydrogen) atoms. The Morgan fingerprint density at radius 1 is 1.05 bits per heavy atom. The van der Waals surface area contributed by atoms with Gasteiger partial charge in [-0.15, -0.1) is 0 Å². The summed E-state index contributed by atoms with van der Waals surface area (Å²) in [7, 11) is 1.24. The number of amides is 2. The lowest BCUT2D eigenvalue weighted by molar-refractivity contribution is -0.118. The molecule has 0 spiro atoms. The predicted molar refractivity (Wildman–Crippen MR) is 133 cm³/mol. The molecule has 2 aromatic carbocycles. The summed E-state index contributed by atoms with van der Waals surface area (Å²) in [6.45, 7) is 0.529. The Kier molecular flexibility index (Phi) is 7.93. The maximum atomic E-state index is 15.3. The van der Waals surface area contributed by atoms with E-state index >= 15 is 8.78 Å². The largest absolute Gasteiger partial charge is 0.497 e. The van der Waals surface area contributed by atoms with Gasteiger partial charge in [-0.1, -0.05) is 0 Å². The maximum Gasteiger partial charge on any atom is 0.387 e. The number of pyridine rings is 1. The molecule has 206 valence electrons. The molecule has 0 aliphatic carbocycles. The Hall–Kier alpha value is -4.35. The van der Waals surface area contributed by atoms with Gasteiger partial charge in [0.05, 0.1) is 7.11 Å². The molecule has 0 unspecified atom stereocenters. The second kappa shape index (κ2) is 11.2. The van der Waals surface area contributed by atoms with Crippen LogP contribution in [0.4, 0.5) is 23.2 Å². The summed E-state index contributed by atoms with van der Waals surface area (Å²) in [5.41, 5.74) is -0.979. The smallest absolute Gasteiger partial charge is 0.387 e. The van der Waals surface area contributed by atoms with Crippen molar-refractivity contribution in [1.29, 1.82) is 0 Å². The van der Waals surface area contributed by atoms with E-state index in [2.05, 4.69) is 10.1 Å². The fourth-order valence-electron chi connectivity index (χ4n) is 4.81. The second-order valence-corrected chi connectivity index (χ2v) is 8.82. The van der Waals surface area contributed by atoms with Crippen LogP contribution in [0.25, 0.3) is 0 Å². The molecule has 0 saturated carbocycles. The highest BCUT2D eigenvalue weighted by Crippen LogP contribution is 2.40. The number of benzene rings is 2. The number of halogens is 4. The summed E-state index contributed by atoms with van der Waals surface area (Å²) < 4.78 is 66.0. The van der Waals surface area contributed by atoms with Gasteiger partial charge in [-0.2, -0.15) is 8.78 Å². The van der Waals surface area contributed by atoms with Crippen molar-refractivity contribution < 1.29 is 36.6 Å². The van der Waals surface area contributed by atoms with E-state index in [-0.39, 0.29) is 22.7 Å². The summed E-state index contributed by atoms with van der Waals surface area (Å²) in [6, 6.07) is 7.18. The molecule has 3 aromatic rings. The third-order valence-corrected chi connectivity index (χ3v) is 6.64. The van der Waals surface area contributed by atoms with E-state index in [0.29, 0.717) is 6.54 Å². The summed E-state index contributed by atoms with van der Waals surface area (Å²) in [6.07, 6.45) is 1.54. The van der Waals surface area contributed by atoms with Crippen LogP contribution in [0.2, 0.25) is 0 Å². The topological polar surface area (TPSA) is 89.9 Å². The van der Waals surface area contributed by atoms with Crippen molar-refractivity contribution in [3.05, 3.63) is 87.8 Å². The third-order valence-electron chi connectivity index (χ3n) is 6.64. The molecule has 1 saturated heterocycles. The third kappa shape index (κ3) is 5.31. The van der Waals surface area contributed by atoms with Gasteiger partial charge in [0.1, 0.15) is 34.9 Å². The van der Waals surface area contributed by atoms with Crippen LogP contribution in [0, 0.1) is 11.6 Å².